The van der Waals surface area contributed by atoms with Crippen LogP contribution in [0.4, 0.5) is 0 Å². The number of hydrogen-bond acceptors (Lipinski definition) is 6. The molecule has 0 spiro atoms. The van der Waals surface area contributed by atoms with Crippen molar-refractivity contribution in [3.05, 3.63) is 77.9 Å². The molecule has 1 fully saturated rings. The summed E-state index contributed by atoms with van der Waals surface area (Å²) in [5.74, 6) is -3.14. The number of carboxylic acid groups (broad SMARTS) is 1. The Bertz CT molecular complexity index is 1220. The number of aryl methyl sites for hydroxylation is 1. The lowest BCUT2D eigenvalue weighted by molar-refractivity contribution is -0.160. The van der Waals surface area contributed by atoms with Crippen molar-refractivity contribution < 1.29 is 27.9 Å². The average molecular weight is 523 g/mol. The number of halogens is 1. The van der Waals surface area contributed by atoms with Crippen LogP contribution in [0.2, 0.25) is 0 Å². The van der Waals surface area contributed by atoms with E-state index in [0.29, 0.717) is 0 Å². The Morgan fingerprint density at radius 2 is 1.82 bits per heavy atom. The van der Waals surface area contributed by atoms with Crippen LogP contribution >= 0.6 is 22.4 Å². The molecule has 2 atom stereocenters. The van der Waals surface area contributed by atoms with Gasteiger partial charge in [0, 0.05) is 16.7 Å². The number of alkyl halides is 1. The molecule has 0 aromatic heterocycles. The minimum absolute atomic E-state index is 0.0413. The monoisotopic (exact) mass is 522 g/mol. The van der Waals surface area contributed by atoms with Crippen LogP contribution in [0.3, 0.4) is 0 Å². The van der Waals surface area contributed by atoms with Crippen LogP contribution in [-0.4, -0.2) is 59.5 Å². The topological polar surface area (TPSA) is 121 Å². The summed E-state index contributed by atoms with van der Waals surface area (Å²) in [6, 6.07) is 13.8. The van der Waals surface area contributed by atoms with Gasteiger partial charge in [-0.05, 0) is 30.2 Å². The molecule has 2 N–H and O–H groups in total. The number of carboxylic acids is 1. The number of hydrogen-bond donors (Lipinski definition) is 2. The normalized spacial score (nSPS) is 17.4. The minimum Gasteiger partial charge on any atom is -0.479 e. The third-order valence-corrected chi connectivity index (χ3v) is 9.60. The van der Waals surface area contributed by atoms with Crippen LogP contribution in [0.1, 0.15) is 11.1 Å². The number of nitrogens with zero attached hydrogens (tertiary/aromatic N) is 1. The Morgan fingerprint density at radius 1 is 1.21 bits per heavy atom. The number of β-lactam (4-membered cyclic amide) rings is 1. The van der Waals surface area contributed by atoms with Crippen LogP contribution in [0, 0.1) is 6.92 Å². The minimum atomic E-state index is -4.23. The Balaban J connectivity index is 1.83. The van der Waals surface area contributed by atoms with Crippen molar-refractivity contribution in [2.24, 2.45) is 0 Å². The Labute approximate surface area is 206 Å². The first-order valence-corrected chi connectivity index (χ1v) is 13.5. The van der Waals surface area contributed by atoms with Crippen LogP contribution in [0.15, 0.2) is 71.6 Å². The lowest BCUT2D eigenvalue weighted by Gasteiger charge is -2.48. The molecule has 3 rings (SSSR count). The highest BCUT2D eigenvalue weighted by molar-refractivity contribution is 8.72. The highest BCUT2D eigenvalue weighted by Crippen LogP contribution is 2.45. The van der Waals surface area contributed by atoms with E-state index < -0.39 is 43.4 Å². The molecule has 8 nitrogen and oxygen atoms in total. The fourth-order valence-corrected chi connectivity index (χ4v) is 7.53. The summed E-state index contributed by atoms with van der Waals surface area (Å²) in [5, 5.41) is 12.7. The average Bonchev–Trinajstić information content (AvgIpc) is 2.80. The maximum Gasteiger partial charge on any atom is 0.345 e. The van der Waals surface area contributed by atoms with E-state index >= 15 is 0 Å². The number of nitrogens with one attached hydrogen (secondary N) is 1. The molecule has 0 saturated carbocycles. The van der Waals surface area contributed by atoms with Crippen molar-refractivity contribution in [3.8, 4) is 0 Å². The van der Waals surface area contributed by atoms with Crippen molar-refractivity contribution in [3.63, 3.8) is 0 Å². The van der Waals surface area contributed by atoms with Crippen molar-refractivity contribution >= 4 is 49.0 Å². The highest BCUT2D eigenvalue weighted by atomic mass is 35.5. The quantitative estimate of drug-likeness (QED) is 0.213. The van der Waals surface area contributed by atoms with Gasteiger partial charge in [0.2, 0.25) is 25.6 Å². The zero-order valence-corrected chi connectivity index (χ0v) is 20.6. The number of rotatable bonds is 10. The zero-order chi connectivity index (χ0) is 25.1. The van der Waals surface area contributed by atoms with E-state index in [1.165, 1.54) is 12.1 Å². The predicted molar refractivity (Wildman–Crippen MR) is 130 cm³/mol. The van der Waals surface area contributed by atoms with E-state index in [2.05, 4.69) is 11.9 Å². The van der Waals surface area contributed by atoms with Gasteiger partial charge in [-0.15, -0.1) is 11.6 Å². The number of amides is 2. The van der Waals surface area contributed by atoms with E-state index in [0.717, 1.165) is 16.0 Å². The third kappa shape index (κ3) is 5.13. The Hall–Kier alpha value is -2.82. The summed E-state index contributed by atoms with van der Waals surface area (Å²) in [7, 11) is -4.14. The summed E-state index contributed by atoms with van der Waals surface area (Å²) < 4.78 is 26.2. The van der Waals surface area contributed by atoms with Crippen molar-refractivity contribution in [1.82, 2.24) is 10.2 Å². The summed E-state index contributed by atoms with van der Waals surface area (Å²) in [6.45, 7) is 5.23. The molecule has 0 radical (unpaired) electrons. The molecule has 34 heavy (non-hydrogen) atoms. The summed E-state index contributed by atoms with van der Waals surface area (Å²) in [4.78, 5) is 36.1. The van der Waals surface area contributed by atoms with E-state index in [-0.39, 0.29) is 34.2 Å². The van der Waals surface area contributed by atoms with Gasteiger partial charge in [-0.25, -0.2) is 13.2 Å². The zero-order valence-electron chi connectivity index (χ0n) is 18.2. The number of carbonyl (C=O) groups is 3. The number of aliphatic carboxylic acids is 1. The van der Waals surface area contributed by atoms with Crippen molar-refractivity contribution in [1.29, 1.82) is 0 Å². The molecule has 0 bridgehead atoms. The van der Waals surface area contributed by atoms with E-state index in [4.69, 9.17) is 11.6 Å². The fourth-order valence-electron chi connectivity index (χ4n) is 3.44. The van der Waals surface area contributed by atoms with Crippen LogP contribution in [0.5, 0.6) is 0 Å². The summed E-state index contributed by atoms with van der Waals surface area (Å²) in [6.07, 6.45) is 0.0413. The van der Waals surface area contributed by atoms with E-state index in [9.17, 15) is 27.9 Å². The molecular formula is C23H23ClN2O6S2. The first kappa shape index (κ1) is 25.8. The fraction of sp³-hybridized carbons (Fsp3) is 0.261. The number of carbonyl (C=O) groups excluding carboxylic acids is 2. The Morgan fingerprint density at radius 3 is 2.35 bits per heavy atom. The SMILES string of the molecule is C=C(CCl)C(SS(=O)(=O)c1ccc(C)cc1)(C(=O)O)N1CC(NC(=O)Cc2ccccc2)C1=O. The van der Waals surface area contributed by atoms with Gasteiger partial charge in [0.25, 0.3) is 0 Å². The summed E-state index contributed by atoms with van der Waals surface area (Å²) in [5.41, 5.74) is 1.40. The Kier molecular flexibility index (Phi) is 7.74. The molecule has 1 heterocycles. The lowest BCUT2D eigenvalue weighted by Crippen LogP contribution is -2.72. The molecule has 1 saturated heterocycles. The molecule has 1 aliphatic rings. The highest BCUT2D eigenvalue weighted by Gasteiger charge is 2.59. The van der Waals surface area contributed by atoms with Crippen LogP contribution in [0.25, 0.3) is 0 Å². The molecule has 2 aromatic carbocycles. The largest absolute Gasteiger partial charge is 0.479 e. The first-order valence-electron chi connectivity index (χ1n) is 10.2. The standard InChI is InChI=1S/C23H23ClN2O6S2/c1-15-8-10-18(11-9-15)34(31,32)33-23(22(29)30,16(2)13-24)26-14-19(21(26)28)25-20(27)12-17-6-4-3-5-7-17/h3-11,19H,2,12-14H2,1H3,(H,25,27)(H,29,30). The van der Waals surface area contributed by atoms with E-state index in [1.54, 1.807) is 43.3 Å². The lowest BCUT2D eigenvalue weighted by atomic mass is 9.98. The smallest absolute Gasteiger partial charge is 0.345 e. The van der Waals surface area contributed by atoms with Gasteiger partial charge in [-0.1, -0.05) is 54.6 Å². The third-order valence-electron chi connectivity index (χ3n) is 5.32. The maximum absolute atomic E-state index is 13.1. The van der Waals surface area contributed by atoms with Gasteiger partial charge >= 0.3 is 5.97 Å². The van der Waals surface area contributed by atoms with Gasteiger partial charge in [0.1, 0.15) is 6.04 Å². The molecular weight excluding hydrogens is 500 g/mol. The second-order valence-corrected chi connectivity index (χ2v) is 12.0. The molecule has 1 aliphatic heterocycles. The van der Waals surface area contributed by atoms with E-state index in [1.807, 2.05) is 6.07 Å². The first-order chi connectivity index (χ1) is 16.0. The number of benzene rings is 2. The summed E-state index contributed by atoms with van der Waals surface area (Å²) >= 11 is 5.88. The van der Waals surface area contributed by atoms with Gasteiger partial charge in [-0.2, -0.15) is 0 Å². The molecule has 0 aliphatic carbocycles. The van der Waals surface area contributed by atoms with Gasteiger partial charge in [0.05, 0.1) is 17.9 Å². The number of likely N-dealkylation sites (tertiary alicyclic amines) is 1. The van der Waals surface area contributed by atoms with Crippen LogP contribution < -0.4 is 5.32 Å². The van der Waals surface area contributed by atoms with Gasteiger partial charge in [0.15, 0.2) is 0 Å². The van der Waals surface area contributed by atoms with Crippen molar-refractivity contribution in [2.45, 2.75) is 29.2 Å². The molecule has 180 valence electrons. The van der Waals surface area contributed by atoms with Gasteiger partial charge < -0.3 is 15.3 Å². The van der Waals surface area contributed by atoms with Gasteiger partial charge in [-0.3, -0.25) is 9.59 Å². The molecule has 2 amide bonds. The maximum atomic E-state index is 13.1. The van der Waals surface area contributed by atoms with Crippen LogP contribution in [-0.2, 0) is 29.7 Å². The second kappa shape index (κ2) is 10.2. The van der Waals surface area contributed by atoms with Crippen molar-refractivity contribution in [2.75, 3.05) is 12.4 Å². The predicted octanol–water partition coefficient (Wildman–Crippen LogP) is 2.56. The molecule has 2 aromatic rings. The second-order valence-electron chi connectivity index (χ2n) is 7.77. The molecule has 2 unspecified atom stereocenters. The molecule has 11 heteroatoms.